The van der Waals surface area contributed by atoms with E-state index in [2.05, 4.69) is 0 Å². The van der Waals surface area contributed by atoms with Gasteiger partial charge in [-0.1, -0.05) is 6.07 Å². The van der Waals surface area contributed by atoms with Crippen LogP contribution in [0.5, 0.6) is 5.75 Å². The Morgan fingerprint density at radius 1 is 1.24 bits per heavy atom. The molecule has 96 valence electrons. The van der Waals surface area contributed by atoms with Crippen LogP contribution < -0.4 is 10.5 Å². The van der Waals surface area contributed by atoms with Crippen LogP contribution in [0.15, 0.2) is 18.2 Å². The van der Waals surface area contributed by atoms with Crippen molar-refractivity contribution >= 4 is 0 Å². The van der Waals surface area contributed by atoms with Crippen LogP contribution in [0.1, 0.15) is 11.1 Å². The molecule has 0 saturated carbocycles. The van der Waals surface area contributed by atoms with Gasteiger partial charge in [0.25, 0.3) is 0 Å². The molecule has 0 aromatic heterocycles. The Morgan fingerprint density at radius 3 is 2.47 bits per heavy atom. The SMILES string of the molecule is COCCOc1ccc(CN)cc1C(F)(F)F. The molecular weight excluding hydrogens is 235 g/mol. The summed E-state index contributed by atoms with van der Waals surface area (Å²) in [5.41, 5.74) is 4.91. The van der Waals surface area contributed by atoms with Crippen molar-refractivity contribution in [1.29, 1.82) is 0 Å². The van der Waals surface area contributed by atoms with Gasteiger partial charge in [0.2, 0.25) is 0 Å². The molecule has 0 aliphatic rings. The predicted octanol–water partition coefficient (Wildman–Crippen LogP) is 2.19. The van der Waals surface area contributed by atoms with Crippen LogP contribution in [0.2, 0.25) is 0 Å². The van der Waals surface area contributed by atoms with E-state index in [0.29, 0.717) is 5.56 Å². The molecule has 0 aliphatic carbocycles. The summed E-state index contributed by atoms with van der Waals surface area (Å²) in [6, 6.07) is 3.79. The van der Waals surface area contributed by atoms with Crippen molar-refractivity contribution in [3.63, 3.8) is 0 Å². The third-order valence-electron chi connectivity index (χ3n) is 2.13. The summed E-state index contributed by atoms with van der Waals surface area (Å²) < 4.78 is 47.9. The number of hydrogen-bond acceptors (Lipinski definition) is 3. The van der Waals surface area contributed by atoms with E-state index in [4.69, 9.17) is 15.2 Å². The van der Waals surface area contributed by atoms with Gasteiger partial charge in [-0.05, 0) is 17.7 Å². The predicted molar refractivity (Wildman–Crippen MR) is 56.7 cm³/mol. The van der Waals surface area contributed by atoms with Crippen molar-refractivity contribution in [2.75, 3.05) is 20.3 Å². The van der Waals surface area contributed by atoms with Gasteiger partial charge in [0.1, 0.15) is 12.4 Å². The molecule has 0 bridgehead atoms. The first kappa shape index (κ1) is 13.8. The van der Waals surface area contributed by atoms with Gasteiger partial charge in [-0.2, -0.15) is 13.2 Å². The monoisotopic (exact) mass is 249 g/mol. The summed E-state index contributed by atoms with van der Waals surface area (Å²) in [6.45, 7) is 0.360. The zero-order valence-corrected chi connectivity index (χ0v) is 9.38. The van der Waals surface area contributed by atoms with Gasteiger partial charge in [0.05, 0.1) is 12.2 Å². The summed E-state index contributed by atoms with van der Waals surface area (Å²) in [7, 11) is 1.45. The minimum atomic E-state index is -4.45. The van der Waals surface area contributed by atoms with Gasteiger partial charge in [0, 0.05) is 13.7 Å². The van der Waals surface area contributed by atoms with Crippen molar-refractivity contribution < 1.29 is 22.6 Å². The first-order valence-corrected chi connectivity index (χ1v) is 5.01. The number of benzene rings is 1. The summed E-state index contributed by atoms with van der Waals surface area (Å²) in [6.07, 6.45) is -4.45. The summed E-state index contributed by atoms with van der Waals surface area (Å²) >= 11 is 0. The molecular formula is C11H14F3NO2. The van der Waals surface area contributed by atoms with Gasteiger partial charge in [0.15, 0.2) is 0 Å². The lowest BCUT2D eigenvalue weighted by molar-refractivity contribution is -0.139. The number of nitrogens with two attached hydrogens (primary N) is 1. The fraction of sp³-hybridized carbons (Fsp3) is 0.455. The van der Waals surface area contributed by atoms with Crippen LogP contribution in [0.4, 0.5) is 13.2 Å². The van der Waals surface area contributed by atoms with Crippen molar-refractivity contribution in [2.24, 2.45) is 5.73 Å². The molecule has 0 aliphatic heterocycles. The normalized spacial score (nSPS) is 11.6. The highest BCUT2D eigenvalue weighted by Gasteiger charge is 2.34. The first-order chi connectivity index (χ1) is 7.99. The molecule has 0 spiro atoms. The summed E-state index contributed by atoms with van der Waals surface area (Å²) in [5.74, 6) is -0.202. The summed E-state index contributed by atoms with van der Waals surface area (Å²) in [5, 5.41) is 0. The second kappa shape index (κ2) is 5.88. The van der Waals surface area contributed by atoms with E-state index in [-0.39, 0.29) is 25.5 Å². The number of ether oxygens (including phenoxy) is 2. The molecule has 1 aromatic carbocycles. The highest BCUT2D eigenvalue weighted by Crippen LogP contribution is 2.36. The number of halogens is 3. The smallest absolute Gasteiger partial charge is 0.419 e. The molecule has 17 heavy (non-hydrogen) atoms. The maximum Gasteiger partial charge on any atom is 0.419 e. The number of rotatable bonds is 5. The Kier molecular flexibility index (Phi) is 4.77. The lowest BCUT2D eigenvalue weighted by Crippen LogP contribution is -2.12. The largest absolute Gasteiger partial charge is 0.491 e. The lowest BCUT2D eigenvalue weighted by Gasteiger charge is -2.14. The second-order valence-corrected chi connectivity index (χ2v) is 3.37. The molecule has 0 unspecified atom stereocenters. The van der Waals surface area contributed by atoms with E-state index in [9.17, 15) is 13.2 Å². The van der Waals surface area contributed by atoms with Gasteiger partial charge < -0.3 is 15.2 Å². The summed E-state index contributed by atoms with van der Waals surface area (Å²) in [4.78, 5) is 0. The molecule has 0 radical (unpaired) electrons. The number of methoxy groups -OCH3 is 1. The number of hydrogen-bond donors (Lipinski definition) is 1. The van der Waals surface area contributed by atoms with Crippen molar-refractivity contribution in [3.8, 4) is 5.75 Å². The van der Waals surface area contributed by atoms with Gasteiger partial charge in [-0.15, -0.1) is 0 Å². The van der Waals surface area contributed by atoms with E-state index in [0.717, 1.165) is 6.07 Å². The highest BCUT2D eigenvalue weighted by molar-refractivity contribution is 5.39. The highest BCUT2D eigenvalue weighted by atomic mass is 19.4. The number of alkyl halides is 3. The molecule has 0 fully saturated rings. The average Bonchev–Trinajstić information content (AvgIpc) is 2.28. The van der Waals surface area contributed by atoms with E-state index in [1.165, 1.54) is 19.2 Å². The minimum Gasteiger partial charge on any atom is -0.491 e. The Hall–Kier alpha value is -1.27. The Morgan fingerprint density at radius 2 is 1.94 bits per heavy atom. The fourth-order valence-corrected chi connectivity index (χ4v) is 1.29. The van der Waals surface area contributed by atoms with Crippen LogP contribution in [0.3, 0.4) is 0 Å². The van der Waals surface area contributed by atoms with E-state index in [1.54, 1.807) is 0 Å². The van der Waals surface area contributed by atoms with Crippen LogP contribution in [-0.2, 0) is 17.5 Å². The zero-order valence-electron chi connectivity index (χ0n) is 9.38. The molecule has 0 heterocycles. The van der Waals surface area contributed by atoms with Crippen molar-refractivity contribution in [3.05, 3.63) is 29.3 Å². The molecule has 0 atom stereocenters. The van der Waals surface area contributed by atoms with Crippen LogP contribution in [-0.4, -0.2) is 20.3 Å². The van der Waals surface area contributed by atoms with Gasteiger partial charge in [-0.3, -0.25) is 0 Å². The van der Waals surface area contributed by atoms with Gasteiger partial charge in [-0.25, -0.2) is 0 Å². The Balaban J connectivity index is 2.95. The fourth-order valence-electron chi connectivity index (χ4n) is 1.29. The molecule has 1 aromatic rings. The Bertz CT molecular complexity index is 366. The minimum absolute atomic E-state index is 0.0570. The lowest BCUT2D eigenvalue weighted by atomic mass is 10.1. The Labute approximate surface area is 97.3 Å². The topological polar surface area (TPSA) is 44.5 Å². The van der Waals surface area contributed by atoms with E-state index < -0.39 is 11.7 Å². The van der Waals surface area contributed by atoms with Crippen LogP contribution in [0, 0.1) is 0 Å². The third-order valence-corrected chi connectivity index (χ3v) is 2.13. The van der Waals surface area contributed by atoms with Gasteiger partial charge >= 0.3 is 6.18 Å². The molecule has 1 rings (SSSR count). The van der Waals surface area contributed by atoms with Crippen molar-refractivity contribution in [1.82, 2.24) is 0 Å². The molecule has 0 saturated heterocycles. The molecule has 6 heteroatoms. The first-order valence-electron chi connectivity index (χ1n) is 5.01. The second-order valence-electron chi connectivity index (χ2n) is 3.37. The maximum atomic E-state index is 12.7. The quantitative estimate of drug-likeness (QED) is 0.813. The van der Waals surface area contributed by atoms with E-state index in [1.807, 2.05) is 0 Å². The average molecular weight is 249 g/mol. The van der Waals surface area contributed by atoms with E-state index >= 15 is 0 Å². The molecule has 3 nitrogen and oxygen atoms in total. The third kappa shape index (κ3) is 3.90. The zero-order chi connectivity index (χ0) is 12.9. The van der Waals surface area contributed by atoms with Crippen LogP contribution >= 0.6 is 0 Å². The maximum absolute atomic E-state index is 12.7. The standard InChI is InChI=1S/C11H14F3NO2/c1-16-4-5-17-10-3-2-8(7-15)6-9(10)11(12,13)14/h2-3,6H,4-5,7,15H2,1H3. The van der Waals surface area contributed by atoms with Crippen LogP contribution in [0.25, 0.3) is 0 Å². The molecule has 2 N–H and O–H groups in total. The molecule has 0 amide bonds. The van der Waals surface area contributed by atoms with Crippen molar-refractivity contribution in [2.45, 2.75) is 12.7 Å².